The van der Waals surface area contributed by atoms with Gasteiger partial charge < -0.3 is 14.9 Å². The van der Waals surface area contributed by atoms with Crippen molar-refractivity contribution >= 4 is 11.6 Å². The van der Waals surface area contributed by atoms with E-state index in [0.717, 1.165) is 25.0 Å². The van der Waals surface area contributed by atoms with Gasteiger partial charge in [-0.05, 0) is 75.6 Å². The minimum Gasteiger partial charge on any atom is -0.388 e. The molecule has 244 valence electrons. The molecule has 1 aliphatic heterocycles. The topological polar surface area (TPSA) is 136 Å². The summed E-state index contributed by atoms with van der Waals surface area (Å²) >= 11 is 0. The third-order valence-electron chi connectivity index (χ3n) is 9.13. The average Bonchev–Trinajstić information content (AvgIpc) is 3.69. The summed E-state index contributed by atoms with van der Waals surface area (Å²) in [5.74, 6) is 0.415. The van der Waals surface area contributed by atoms with Crippen LogP contribution in [-0.4, -0.2) is 59.4 Å². The minimum atomic E-state index is -1.31. The van der Waals surface area contributed by atoms with E-state index in [4.69, 9.17) is 9.57 Å². The molecule has 0 radical (unpaired) electrons. The van der Waals surface area contributed by atoms with Crippen LogP contribution >= 0.6 is 0 Å². The number of aliphatic imine (C=N–C) groups is 1. The minimum absolute atomic E-state index is 0. The van der Waals surface area contributed by atoms with Gasteiger partial charge in [-0.3, -0.25) is 9.36 Å². The fourth-order valence-electron chi connectivity index (χ4n) is 6.36. The molecule has 2 aromatic heterocycles. The van der Waals surface area contributed by atoms with Crippen molar-refractivity contribution in [1.29, 1.82) is 0 Å². The van der Waals surface area contributed by atoms with E-state index >= 15 is 4.39 Å². The number of amidine groups is 1. The first-order chi connectivity index (χ1) is 22.0. The van der Waals surface area contributed by atoms with E-state index in [2.05, 4.69) is 20.6 Å². The molecule has 1 aliphatic carbocycles. The third-order valence-corrected chi connectivity index (χ3v) is 9.13. The molecule has 1 saturated carbocycles. The maximum absolute atomic E-state index is 15.9. The van der Waals surface area contributed by atoms with Crippen molar-refractivity contribution in [2.75, 3.05) is 0 Å². The van der Waals surface area contributed by atoms with Crippen LogP contribution in [0.5, 0.6) is 0 Å². The fourth-order valence-corrected chi connectivity index (χ4v) is 6.36. The number of nitrogens with zero attached hydrogens (tertiary/aromatic N) is 5. The van der Waals surface area contributed by atoms with E-state index in [1.54, 1.807) is 29.0 Å². The molecule has 2 unspecified atom stereocenters. The molecule has 2 aliphatic rings. The number of benzene rings is 2. The van der Waals surface area contributed by atoms with E-state index < -0.39 is 17.8 Å². The molecule has 1 fully saturated rings. The van der Waals surface area contributed by atoms with Crippen molar-refractivity contribution in [3.63, 3.8) is 0 Å². The van der Waals surface area contributed by atoms with E-state index in [9.17, 15) is 15.0 Å². The van der Waals surface area contributed by atoms with Crippen molar-refractivity contribution in [2.24, 2.45) is 4.99 Å². The normalized spacial score (nSPS) is 20.5. The smallest absolute Gasteiger partial charge is 0.388 e. The molecule has 0 spiro atoms. The van der Waals surface area contributed by atoms with E-state index in [-0.39, 0.29) is 81.6 Å². The number of aryl methyl sites for hydroxylation is 1. The van der Waals surface area contributed by atoms with Crippen LogP contribution in [0.2, 0.25) is 0 Å². The van der Waals surface area contributed by atoms with Gasteiger partial charge in [0.2, 0.25) is 5.78 Å². The van der Waals surface area contributed by atoms with Crippen LogP contribution in [0.25, 0.3) is 16.9 Å². The fraction of sp³-hybridized carbons (Fsp3) is 0.471. The molecule has 3 N–H and O–H groups in total. The van der Waals surface area contributed by atoms with Crippen LogP contribution in [0.1, 0.15) is 88.2 Å². The number of rotatable bonds is 10. The Balaban J connectivity index is 0.00000433. The molecule has 13 heteroatoms. The molecule has 3 heterocycles. The van der Waals surface area contributed by atoms with Crippen molar-refractivity contribution in [3.8, 4) is 11.1 Å². The molecule has 4 aromatic rings. The number of nitrogens with one attached hydrogen (secondary N) is 1. The Labute approximate surface area is 315 Å². The summed E-state index contributed by atoms with van der Waals surface area (Å²) in [6.45, 7) is 7.39. The van der Waals surface area contributed by atoms with Gasteiger partial charge in [-0.1, -0.05) is 49.7 Å². The predicted molar refractivity (Wildman–Crippen MR) is 171 cm³/mol. The number of hydrogen-bond donors (Lipinski definition) is 3. The third kappa shape index (κ3) is 7.63. The molecule has 0 saturated heterocycles. The Morgan fingerprint density at radius 3 is 2.51 bits per heavy atom. The number of fused-ring (bicyclic) bond motifs is 1. The van der Waals surface area contributed by atoms with E-state index in [1.165, 1.54) is 12.4 Å². The van der Waals surface area contributed by atoms with Gasteiger partial charge in [-0.25, -0.2) is 24.2 Å². The van der Waals surface area contributed by atoms with Crippen LogP contribution in [0.3, 0.4) is 0 Å². The number of aliphatic hydroxyl groups is 2. The Bertz CT molecular complexity index is 1810. The number of hydroxylamine groups is 1. The largest absolute Gasteiger partial charge is 1.00 e. The molecule has 2 atom stereocenters. The van der Waals surface area contributed by atoms with E-state index in [1.807, 2.05) is 44.2 Å². The Kier molecular flexibility index (Phi) is 11.5. The van der Waals surface area contributed by atoms with Crippen LogP contribution < -0.4 is 62.4 Å². The summed E-state index contributed by atoms with van der Waals surface area (Å²) < 4.78 is 25.5. The predicted octanol–water partition coefficient (Wildman–Crippen LogP) is 1.46. The second-order valence-electron chi connectivity index (χ2n) is 12.7. The van der Waals surface area contributed by atoms with Gasteiger partial charge in [-0.2, -0.15) is 10.1 Å². The number of aliphatic hydroxyl groups excluding tert-OH is 1. The zero-order valence-corrected chi connectivity index (χ0v) is 30.7. The van der Waals surface area contributed by atoms with Gasteiger partial charge in [0.15, 0.2) is 5.84 Å². The van der Waals surface area contributed by atoms with Crippen LogP contribution in [0.4, 0.5) is 4.39 Å². The summed E-state index contributed by atoms with van der Waals surface area (Å²) in [5.41, 5.74) is 5.15. The zero-order chi connectivity index (χ0) is 32.6. The summed E-state index contributed by atoms with van der Waals surface area (Å²) in [4.78, 5) is 27.8. The summed E-state index contributed by atoms with van der Waals surface area (Å²) in [6, 6.07) is 12.2. The maximum atomic E-state index is 15.9. The van der Waals surface area contributed by atoms with Crippen LogP contribution in [0, 0.1) is 5.82 Å². The Morgan fingerprint density at radius 1 is 1.15 bits per heavy atom. The van der Waals surface area contributed by atoms with Gasteiger partial charge >= 0.3 is 51.4 Å². The average molecular weight is 672 g/mol. The van der Waals surface area contributed by atoms with Gasteiger partial charge in [0.1, 0.15) is 12.1 Å². The molecule has 2 aromatic carbocycles. The number of ether oxygens (including phenoxy) is 1. The van der Waals surface area contributed by atoms with Gasteiger partial charge in [0, 0.05) is 23.6 Å². The molecular formula is C34H41FKN6O5+. The van der Waals surface area contributed by atoms with Gasteiger partial charge in [-0.15, -0.1) is 0 Å². The number of halogens is 1. The first-order valence-electron chi connectivity index (χ1n) is 15.9. The Hall–Kier alpha value is -2.33. The van der Waals surface area contributed by atoms with Crippen molar-refractivity contribution in [1.82, 2.24) is 24.6 Å². The van der Waals surface area contributed by atoms with Crippen molar-refractivity contribution < 1.29 is 75.6 Å². The monoisotopic (exact) mass is 671 g/mol. The zero-order valence-electron chi connectivity index (χ0n) is 27.6. The van der Waals surface area contributed by atoms with Crippen molar-refractivity contribution in [2.45, 2.75) is 103 Å². The quantitative estimate of drug-likeness (QED) is 0.216. The SMILES string of the molecule is CCCc1c(Cc2ccc(-c3ccccc3C3=NC(O)ON3)cc2F)c(=O)n(C2CCC(OC(C)C(C)(C)O)CC2)c2ncnn12.[K+]. The summed E-state index contributed by atoms with van der Waals surface area (Å²) in [6.07, 6.45) is 4.23. The summed E-state index contributed by atoms with van der Waals surface area (Å²) in [7, 11) is 0. The van der Waals surface area contributed by atoms with E-state index in [0.29, 0.717) is 58.7 Å². The number of aromatic nitrogens is 4. The molecule has 0 amide bonds. The second-order valence-corrected chi connectivity index (χ2v) is 12.7. The standard InChI is InChI=1S/C34H41FN6O5.K/c1-5-8-29-27(17-22-12-11-21(18-28(22)35)25-9-6-7-10-26(25)30-38-33(43)46-39-30)31(42)40(32-36-19-37-41(29)32)23-13-15-24(16-14-23)45-20(2)34(3,4)44;/h6-7,9-12,18-20,23-24,33,43-44H,5,8,13-17H2,1-4H3,(H,38,39);/q;+1. The first-order valence-corrected chi connectivity index (χ1v) is 15.9. The van der Waals surface area contributed by atoms with Crippen LogP contribution in [-0.2, 0) is 22.4 Å². The maximum Gasteiger partial charge on any atom is 1.00 e. The molecular weight excluding hydrogens is 631 g/mol. The molecule has 11 nitrogen and oxygen atoms in total. The number of hydrogen-bond acceptors (Lipinski definition) is 9. The molecule has 47 heavy (non-hydrogen) atoms. The van der Waals surface area contributed by atoms with Gasteiger partial charge in [0.05, 0.1) is 23.5 Å². The molecule has 0 bridgehead atoms. The van der Waals surface area contributed by atoms with Gasteiger partial charge in [0.25, 0.3) is 12.0 Å². The van der Waals surface area contributed by atoms with Crippen molar-refractivity contribution in [3.05, 3.63) is 87.3 Å². The Morgan fingerprint density at radius 2 is 1.87 bits per heavy atom. The van der Waals surface area contributed by atoms with Crippen LogP contribution in [0.15, 0.2) is 58.6 Å². The molecule has 6 rings (SSSR count). The summed E-state index contributed by atoms with van der Waals surface area (Å²) in [5, 5.41) is 24.5. The second kappa shape index (κ2) is 15.1. The first kappa shape index (κ1) is 36.0.